The molecule has 0 aliphatic heterocycles. The molecule has 1 heterocycles. The Morgan fingerprint density at radius 3 is 2.65 bits per heavy atom. The van der Waals surface area contributed by atoms with Crippen molar-refractivity contribution in [3.63, 3.8) is 0 Å². The molecule has 1 aliphatic carbocycles. The highest BCUT2D eigenvalue weighted by Gasteiger charge is 2.41. The highest BCUT2D eigenvalue weighted by atomic mass is 16.6. The first-order valence-corrected chi connectivity index (χ1v) is 8.46. The molecule has 0 aromatic carbocycles. The number of amides is 1. The number of ether oxygens (including phenoxy) is 1. The number of hydrogen-bond acceptors (Lipinski definition) is 4. The molecule has 1 fully saturated rings. The molecular formula is C17H30N4O2. The van der Waals surface area contributed by atoms with E-state index in [1.807, 2.05) is 37.7 Å². The lowest BCUT2D eigenvalue weighted by Gasteiger charge is -2.32. The molecule has 1 aliphatic rings. The van der Waals surface area contributed by atoms with Crippen molar-refractivity contribution in [3.8, 4) is 0 Å². The molecule has 0 saturated heterocycles. The maximum Gasteiger partial charge on any atom is 0.407 e. The van der Waals surface area contributed by atoms with Gasteiger partial charge in [-0.3, -0.25) is 4.68 Å². The molecular weight excluding hydrogens is 292 g/mol. The number of rotatable bonds is 7. The number of nitrogens with zero attached hydrogens (tertiary/aromatic N) is 2. The lowest BCUT2D eigenvalue weighted by atomic mass is 9.95. The molecule has 6 nitrogen and oxygen atoms in total. The van der Waals surface area contributed by atoms with Gasteiger partial charge in [0.2, 0.25) is 0 Å². The molecule has 0 bridgehead atoms. The summed E-state index contributed by atoms with van der Waals surface area (Å²) >= 11 is 0. The molecule has 1 atom stereocenters. The van der Waals surface area contributed by atoms with Gasteiger partial charge in [0, 0.05) is 31.4 Å². The number of aryl methyl sites for hydroxylation is 1. The Bertz CT molecular complexity index is 531. The van der Waals surface area contributed by atoms with Gasteiger partial charge >= 0.3 is 6.09 Å². The summed E-state index contributed by atoms with van der Waals surface area (Å²) in [7, 11) is 0. The molecule has 0 spiro atoms. The first kappa shape index (κ1) is 17.8. The zero-order valence-corrected chi connectivity index (χ0v) is 15.0. The summed E-state index contributed by atoms with van der Waals surface area (Å²) in [5.41, 5.74) is 0.567. The number of carbonyl (C=O) groups excluding carboxylic acids is 1. The van der Waals surface area contributed by atoms with Crippen LogP contribution in [0, 0.1) is 5.92 Å². The SMILES string of the molecule is CCn1nccc1CNC(C)(CNC(=O)OC(C)(C)C)C1CC1. The molecule has 1 aromatic heterocycles. The highest BCUT2D eigenvalue weighted by molar-refractivity contribution is 5.67. The highest BCUT2D eigenvalue weighted by Crippen LogP contribution is 2.39. The smallest absolute Gasteiger partial charge is 0.407 e. The van der Waals surface area contributed by atoms with E-state index in [4.69, 9.17) is 4.74 Å². The van der Waals surface area contributed by atoms with Gasteiger partial charge in [-0.1, -0.05) is 0 Å². The third-order valence-electron chi connectivity index (χ3n) is 4.25. The topological polar surface area (TPSA) is 68.2 Å². The Hall–Kier alpha value is -1.56. The summed E-state index contributed by atoms with van der Waals surface area (Å²) in [4.78, 5) is 11.9. The van der Waals surface area contributed by atoms with E-state index in [-0.39, 0.29) is 11.6 Å². The van der Waals surface area contributed by atoms with Gasteiger partial charge in [0.1, 0.15) is 5.60 Å². The number of carbonyl (C=O) groups is 1. The Morgan fingerprint density at radius 2 is 2.09 bits per heavy atom. The third-order valence-corrected chi connectivity index (χ3v) is 4.25. The van der Waals surface area contributed by atoms with Crippen LogP contribution in [-0.2, 0) is 17.8 Å². The molecule has 1 unspecified atom stereocenters. The molecule has 6 heteroatoms. The first-order chi connectivity index (χ1) is 10.7. The lowest BCUT2D eigenvalue weighted by molar-refractivity contribution is 0.0507. The Labute approximate surface area is 139 Å². The van der Waals surface area contributed by atoms with Gasteiger partial charge < -0.3 is 15.4 Å². The zero-order valence-electron chi connectivity index (χ0n) is 15.0. The predicted octanol–water partition coefficient (Wildman–Crippen LogP) is 2.69. The van der Waals surface area contributed by atoms with Crippen LogP contribution >= 0.6 is 0 Å². The monoisotopic (exact) mass is 322 g/mol. The number of alkyl carbamates (subject to hydrolysis) is 1. The standard InChI is InChI=1S/C17H30N4O2/c1-6-21-14(9-10-20-21)11-19-17(5,13-7-8-13)12-18-15(22)23-16(2,3)4/h9-10,13,19H,6-8,11-12H2,1-5H3,(H,18,22). The van der Waals surface area contributed by atoms with Crippen molar-refractivity contribution in [2.45, 2.75) is 71.7 Å². The molecule has 2 rings (SSSR count). The van der Waals surface area contributed by atoms with Crippen LogP contribution in [0.15, 0.2) is 12.3 Å². The van der Waals surface area contributed by atoms with Gasteiger partial charge in [-0.05, 0) is 59.4 Å². The maximum absolute atomic E-state index is 11.9. The van der Waals surface area contributed by atoms with E-state index < -0.39 is 5.60 Å². The number of nitrogens with one attached hydrogen (secondary N) is 2. The van der Waals surface area contributed by atoms with Crippen LogP contribution in [0.1, 0.15) is 53.2 Å². The quantitative estimate of drug-likeness (QED) is 0.810. The van der Waals surface area contributed by atoms with Crippen molar-refractivity contribution < 1.29 is 9.53 Å². The summed E-state index contributed by atoms with van der Waals surface area (Å²) in [6, 6.07) is 2.03. The van der Waals surface area contributed by atoms with E-state index in [1.165, 1.54) is 12.8 Å². The fourth-order valence-corrected chi connectivity index (χ4v) is 2.73. The zero-order chi connectivity index (χ0) is 17.1. The van der Waals surface area contributed by atoms with Crippen LogP contribution in [0.25, 0.3) is 0 Å². The Kier molecular flexibility index (Phi) is 5.34. The van der Waals surface area contributed by atoms with Crippen LogP contribution in [0.5, 0.6) is 0 Å². The van der Waals surface area contributed by atoms with Crippen LogP contribution in [-0.4, -0.2) is 33.6 Å². The molecule has 1 aromatic rings. The molecule has 2 N–H and O–H groups in total. The van der Waals surface area contributed by atoms with Gasteiger partial charge in [-0.2, -0.15) is 5.10 Å². The Balaban J connectivity index is 1.90. The van der Waals surface area contributed by atoms with Crippen molar-refractivity contribution in [2.75, 3.05) is 6.54 Å². The average molecular weight is 322 g/mol. The van der Waals surface area contributed by atoms with Crippen molar-refractivity contribution in [3.05, 3.63) is 18.0 Å². The van der Waals surface area contributed by atoms with E-state index in [1.54, 1.807) is 0 Å². The molecule has 23 heavy (non-hydrogen) atoms. The van der Waals surface area contributed by atoms with Crippen molar-refractivity contribution in [1.82, 2.24) is 20.4 Å². The summed E-state index contributed by atoms with van der Waals surface area (Å²) < 4.78 is 7.32. The van der Waals surface area contributed by atoms with Crippen molar-refractivity contribution >= 4 is 6.09 Å². The molecule has 0 radical (unpaired) electrons. The van der Waals surface area contributed by atoms with E-state index in [0.29, 0.717) is 12.5 Å². The van der Waals surface area contributed by atoms with Crippen LogP contribution in [0.4, 0.5) is 4.79 Å². The van der Waals surface area contributed by atoms with E-state index in [9.17, 15) is 4.79 Å². The van der Waals surface area contributed by atoms with Gasteiger partial charge in [-0.15, -0.1) is 0 Å². The third kappa shape index (κ3) is 5.23. The first-order valence-electron chi connectivity index (χ1n) is 8.46. The van der Waals surface area contributed by atoms with Gasteiger partial charge in [0.05, 0.1) is 5.69 Å². The second-order valence-corrected chi connectivity index (χ2v) is 7.54. The van der Waals surface area contributed by atoms with Crippen molar-refractivity contribution in [2.24, 2.45) is 5.92 Å². The lowest BCUT2D eigenvalue weighted by Crippen LogP contribution is -2.53. The summed E-state index contributed by atoms with van der Waals surface area (Å²) in [5, 5.41) is 10.8. The van der Waals surface area contributed by atoms with Gasteiger partial charge in [0.15, 0.2) is 0 Å². The Morgan fingerprint density at radius 1 is 1.39 bits per heavy atom. The molecule has 1 saturated carbocycles. The maximum atomic E-state index is 11.9. The van der Waals surface area contributed by atoms with Gasteiger partial charge in [0.25, 0.3) is 0 Å². The minimum Gasteiger partial charge on any atom is -0.444 e. The summed E-state index contributed by atoms with van der Waals surface area (Å²) in [5.74, 6) is 0.593. The fourth-order valence-electron chi connectivity index (χ4n) is 2.73. The normalized spacial score (nSPS) is 17.6. The largest absolute Gasteiger partial charge is 0.444 e. The van der Waals surface area contributed by atoms with Crippen molar-refractivity contribution in [1.29, 1.82) is 0 Å². The second kappa shape index (κ2) is 6.91. The molecule has 130 valence electrons. The number of hydrogen-bond donors (Lipinski definition) is 2. The van der Waals surface area contributed by atoms with Gasteiger partial charge in [-0.25, -0.2) is 4.79 Å². The summed E-state index contributed by atoms with van der Waals surface area (Å²) in [6.45, 7) is 12.0. The van der Waals surface area contributed by atoms with E-state index in [0.717, 1.165) is 18.8 Å². The minimum absolute atomic E-state index is 0.125. The van der Waals surface area contributed by atoms with Crippen LogP contribution in [0.2, 0.25) is 0 Å². The summed E-state index contributed by atoms with van der Waals surface area (Å²) in [6.07, 6.45) is 3.87. The minimum atomic E-state index is -0.471. The van der Waals surface area contributed by atoms with E-state index in [2.05, 4.69) is 29.6 Å². The fraction of sp³-hybridized carbons (Fsp3) is 0.765. The second-order valence-electron chi connectivity index (χ2n) is 7.54. The predicted molar refractivity (Wildman–Crippen MR) is 90.1 cm³/mol. The number of aromatic nitrogens is 2. The average Bonchev–Trinajstić information content (AvgIpc) is 3.21. The van der Waals surface area contributed by atoms with Crippen LogP contribution < -0.4 is 10.6 Å². The molecule has 1 amide bonds. The van der Waals surface area contributed by atoms with E-state index >= 15 is 0 Å². The van der Waals surface area contributed by atoms with Crippen LogP contribution in [0.3, 0.4) is 0 Å².